The third-order valence-corrected chi connectivity index (χ3v) is 4.71. The van der Waals surface area contributed by atoms with Crippen LogP contribution in [-0.2, 0) is 4.79 Å². The summed E-state index contributed by atoms with van der Waals surface area (Å²) in [6, 6.07) is 3.21. The zero-order valence-electron chi connectivity index (χ0n) is 12.5. The number of hydrogen-bond donors (Lipinski definition) is 2. The molecule has 0 amide bonds. The lowest BCUT2D eigenvalue weighted by Crippen LogP contribution is -2.46. The zero-order valence-corrected chi connectivity index (χ0v) is 14.9. The fourth-order valence-corrected chi connectivity index (χ4v) is 3.84. The molecular formula is C16H16Cl2N2O2S. The number of benzene rings is 1. The Kier molecular flexibility index (Phi) is 4.80. The smallest absolute Gasteiger partial charge is 0.171 e. The lowest BCUT2D eigenvalue weighted by atomic mass is 9.85. The van der Waals surface area contributed by atoms with Crippen molar-refractivity contribution in [1.29, 1.82) is 0 Å². The Morgan fingerprint density at radius 2 is 2.00 bits per heavy atom. The van der Waals surface area contributed by atoms with Gasteiger partial charge in [0.25, 0.3) is 0 Å². The predicted octanol–water partition coefficient (Wildman–Crippen LogP) is 3.92. The van der Waals surface area contributed by atoms with Gasteiger partial charge in [0.2, 0.25) is 0 Å². The van der Waals surface area contributed by atoms with Crippen LogP contribution in [0.3, 0.4) is 0 Å². The highest BCUT2D eigenvalue weighted by molar-refractivity contribution is 7.80. The Bertz CT molecular complexity index is 695. The van der Waals surface area contributed by atoms with Gasteiger partial charge in [-0.25, -0.2) is 0 Å². The first-order valence-electron chi connectivity index (χ1n) is 7.46. The minimum Gasteiger partial charge on any atom is -0.491 e. The van der Waals surface area contributed by atoms with E-state index in [4.69, 9.17) is 40.2 Å². The van der Waals surface area contributed by atoms with Crippen LogP contribution in [0, 0.1) is 0 Å². The molecule has 0 spiro atoms. The maximum atomic E-state index is 12.4. The molecule has 1 heterocycles. The molecule has 0 aromatic heterocycles. The van der Waals surface area contributed by atoms with Gasteiger partial charge in [-0.2, -0.15) is 0 Å². The van der Waals surface area contributed by atoms with Crippen LogP contribution in [0.15, 0.2) is 23.4 Å². The summed E-state index contributed by atoms with van der Waals surface area (Å²) in [6.07, 6.45) is 2.20. The molecule has 23 heavy (non-hydrogen) atoms. The van der Waals surface area contributed by atoms with Crippen molar-refractivity contribution in [3.63, 3.8) is 0 Å². The molecule has 1 aromatic carbocycles. The van der Waals surface area contributed by atoms with Crippen molar-refractivity contribution in [1.82, 2.24) is 10.6 Å². The summed E-state index contributed by atoms with van der Waals surface area (Å²) in [7, 11) is 0. The number of nitrogens with one attached hydrogen (secondary N) is 2. The minimum absolute atomic E-state index is 0.125. The third kappa shape index (κ3) is 3.18. The van der Waals surface area contributed by atoms with Crippen LogP contribution in [0.5, 0.6) is 5.75 Å². The molecule has 1 aliphatic carbocycles. The van der Waals surface area contributed by atoms with Crippen LogP contribution < -0.4 is 15.4 Å². The van der Waals surface area contributed by atoms with Gasteiger partial charge >= 0.3 is 0 Å². The van der Waals surface area contributed by atoms with Crippen LogP contribution in [0.25, 0.3) is 0 Å². The van der Waals surface area contributed by atoms with E-state index < -0.39 is 0 Å². The number of ketones is 1. The topological polar surface area (TPSA) is 50.4 Å². The fourth-order valence-electron chi connectivity index (χ4n) is 2.98. The third-order valence-electron chi connectivity index (χ3n) is 3.93. The molecule has 1 aromatic rings. The first kappa shape index (κ1) is 16.6. The van der Waals surface area contributed by atoms with Gasteiger partial charge < -0.3 is 15.4 Å². The number of Topliss-reactive ketones (excluding diaryl/α,β-unsaturated/α-hetero) is 1. The second-order valence-corrected chi connectivity index (χ2v) is 6.67. The van der Waals surface area contributed by atoms with E-state index in [1.807, 2.05) is 6.92 Å². The van der Waals surface area contributed by atoms with Crippen molar-refractivity contribution in [2.75, 3.05) is 6.61 Å². The second kappa shape index (κ2) is 6.67. The predicted molar refractivity (Wildman–Crippen MR) is 95.1 cm³/mol. The minimum atomic E-state index is -0.336. The van der Waals surface area contributed by atoms with Gasteiger partial charge in [0.1, 0.15) is 0 Å². The van der Waals surface area contributed by atoms with E-state index in [1.54, 1.807) is 12.1 Å². The van der Waals surface area contributed by atoms with Gasteiger partial charge in [-0.1, -0.05) is 23.2 Å². The molecule has 0 saturated carbocycles. The summed E-state index contributed by atoms with van der Waals surface area (Å²) in [5.74, 6) is 0.583. The molecule has 4 nitrogen and oxygen atoms in total. The molecule has 122 valence electrons. The summed E-state index contributed by atoms with van der Waals surface area (Å²) >= 11 is 17.9. The number of carbonyl (C=O) groups is 1. The highest BCUT2D eigenvalue weighted by Gasteiger charge is 2.33. The maximum absolute atomic E-state index is 12.4. The average molecular weight is 371 g/mol. The van der Waals surface area contributed by atoms with E-state index >= 15 is 0 Å². The summed E-state index contributed by atoms with van der Waals surface area (Å²) in [4.78, 5) is 12.4. The summed E-state index contributed by atoms with van der Waals surface area (Å²) < 4.78 is 5.46. The first-order chi connectivity index (χ1) is 11.0. The average Bonchev–Trinajstić information content (AvgIpc) is 2.50. The number of ether oxygens (including phenoxy) is 1. The Hall–Kier alpha value is -1.30. The van der Waals surface area contributed by atoms with E-state index in [1.165, 1.54) is 0 Å². The van der Waals surface area contributed by atoms with Crippen molar-refractivity contribution < 1.29 is 9.53 Å². The number of allylic oxidation sites excluding steroid dienone is 1. The normalized spacial score (nSPS) is 20.7. The standard InChI is InChI=1S/C16H16Cl2N2O2S/c1-2-22-15-9(17)6-8(7-10(15)18)14-13-11(19-16(23)20-14)4-3-5-12(13)21/h6-7,14H,2-5H2,1H3,(H2,19,20,23). The van der Waals surface area contributed by atoms with Crippen LogP contribution in [0.4, 0.5) is 0 Å². The van der Waals surface area contributed by atoms with Crippen LogP contribution in [0.1, 0.15) is 37.8 Å². The fraction of sp³-hybridized carbons (Fsp3) is 0.375. The quantitative estimate of drug-likeness (QED) is 0.789. The molecule has 1 unspecified atom stereocenters. The lowest BCUT2D eigenvalue weighted by Gasteiger charge is -2.34. The Balaban J connectivity index is 2.06. The Labute approximate surface area is 150 Å². The van der Waals surface area contributed by atoms with Crippen molar-refractivity contribution in [3.8, 4) is 5.75 Å². The summed E-state index contributed by atoms with van der Waals surface area (Å²) in [5, 5.41) is 7.60. The molecule has 2 N–H and O–H groups in total. The summed E-state index contributed by atoms with van der Waals surface area (Å²) in [5.41, 5.74) is 2.42. The molecule has 1 atom stereocenters. The van der Waals surface area contributed by atoms with Crippen molar-refractivity contribution >= 4 is 46.3 Å². The Morgan fingerprint density at radius 1 is 1.30 bits per heavy atom. The molecule has 3 rings (SSSR count). The highest BCUT2D eigenvalue weighted by Crippen LogP contribution is 2.39. The van der Waals surface area contributed by atoms with Gasteiger partial charge in [-0.05, 0) is 49.7 Å². The summed E-state index contributed by atoms with van der Waals surface area (Å²) in [6.45, 7) is 2.34. The van der Waals surface area contributed by atoms with E-state index in [0.29, 0.717) is 33.9 Å². The molecule has 0 radical (unpaired) electrons. The van der Waals surface area contributed by atoms with E-state index in [-0.39, 0.29) is 11.8 Å². The Morgan fingerprint density at radius 3 is 2.65 bits per heavy atom. The van der Waals surface area contributed by atoms with E-state index in [9.17, 15) is 4.79 Å². The van der Waals surface area contributed by atoms with Crippen molar-refractivity contribution in [2.24, 2.45) is 0 Å². The zero-order chi connectivity index (χ0) is 16.6. The molecule has 1 aliphatic heterocycles. The number of carbonyl (C=O) groups excluding carboxylic acids is 1. The van der Waals surface area contributed by atoms with Gasteiger partial charge in [0, 0.05) is 17.7 Å². The molecular weight excluding hydrogens is 355 g/mol. The van der Waals surface area contributed by atoms with Gasteiger partial charge in [0.15, 0.2) is 16.6 Å². The largest absolute Gasteiger partial charge is 0.491 e. The number of hydrogen-bond acceptors (Lipinski definition) is 3. The molecule has 0 fully saturated rings. The first-order valence-corrected chi connectivity index (χ1v) is 8.63. The van der Waals surface area contributed by atoms with E-state index in [2.05, 4.69) is 10.6 Å². The van der Waals surface area contributed by atoms with E-state index in [0.717, 1.165) is 29.7 Å². The molecule has 2 aliphatic rings. The van der Waals surface area contributed by atoms with Crippen LogP contribution in [0.2, 0.25) is 10.0 Å². The van der Waals surface area contributed by atoms with Gasteiger partial charge in [0.05, 0.1) is 22.7 Å². The number of thiocarbonyl (C=S) groups is 1. The van der Waals surface area contributed by atoms with Gasteiger partial charge in [-0.15, -0.1) is 0 Å². The maximum Gasteiger partial charge on any atom is 0.171 e. The second-order valence-electron chi connectivity index (χ2n) is 5.45. The van der Waals surface area contributed by atoms with Crippen molar-refractivity contribution in [2.45, 2.75) is 32.2 Å². The monoisotopic (exact) mass is 370 g/mol. The number of rotatable bonds is 3. The molecule has 0 saturated heterocycles. The number of halogens is 2. The van der Waals surface area contributed by atoms with Crippen molar-refractivity contribution in [3.05, 3.63) is 39.0 Å². The SMILES string of the molecule is CCOc1c(Cl)cc(C2NC(=S)NC3=C2C(=O)CCC3)cc1Cl. The van der Waals surface area contributed by atoms with Crippen LogP contribution >= 0.6 is 35.4 Å². The molecule has 7 heteroatoms. The highest BCUT2D eigenvalue weighted by atomic mass is 35.5. The van der Waals surface area contributed by atoms with Gasteiger partial charge in [-0.3, -0.25) is 4.79 Å². The van der Waals surface area contributed by atoms with Crippen LogP contribution in [-0.4, -0.2) is 17.5 Å². The lowest BCUT2D eigenvalue weighted by molar-refractivity contribution is -0.116. The molecule has 0 bridgehead atoms.